The molecule has 2 rings (SSSR count). The second-order valence-corrected chi connectivity index (χ2v) is 6.02. The number of aliphatic carboxylic acids is 1. The second kappa shape index (κ2) is 9.08. The molecule has 5 nitrogen and oxygen atoms in total. The summed E-state index contributed by atoms with van der Waals surface area (Å²) < 4.78 is 5.08. The first-order valence-corrected chi connectivity index (χ1v) is 8.26. The summed E-state index contributed by atoms with van der Waals surface area (Å²) in [6, 6.07) is 13.6. The SMILES string of the molecule is COc1ccc(CCC(=O)N[C@@H](Cc2ccccc2)C(=O)O)cc1Cl. The fraction of sp³-hybridized carbons (Fsp3) is 0.263. The van der Waals surface area contributed by atoms with Crippen LogP contribution in [0.3, 0.4) is 0 Å². The van der Waals surface area contributed by atoms with Crippen LogP contribution in [0, 0.1) is 0 Å². The summed E-state index contributed by atoms with van der Waals surface area (Å²) in [5.41, 5.74) is 1.74. The number of carboxylic acids is 1. The lowest BCUT2D eigenvalue weighted by Gasteiger charge is -2.15. The van der Waals surface area contributed by atoms with Gasteiger partial charge in [-0.2, -0.15) is 0 Å². The number of carbonyl (C=O) groups excluding carboxylic acids is 1. The maximum Gasteiger partial charge on any atom is 0.326 e. The molecule has 0 saturated heterocycles. The molecule has 1 atom stereocenters. The van der Waals surface area contributed by atoms with Gasteiger partial charge in [0.15, 0.2) is 0 Å². The molecular weight excluding hydrogens is 342 g/mol. The van der Waals surface area contributed by atoms with Crippen LogP contribution in [0.2, 0.25) is 5.02 Å². The van der Waals surface area contributed by atoms with E-state index in [9.17, 15) is 14.7 Å². The Kier molecular flexibility index (Phi) is 6.83. The highest BCUT2D eigenvalue weighted by Gasteiger charge is 2.20. The van der Waals surface area contributed by atoms with E-state index in [4.69, 9.17) is 16.3 Å². The first kappa shape index (κ1) is 18.8. The molecule has 2 aromatic rings. The summed E-state index contributed by atoms with van der Waals surface area (Å²) in [4.78, 5) is 23.5. The van der Waals surface area contributed by atoms with Gasteiger partial charge in [-0.25, -0.2) is 4.79 Å². The maximum absolute atomic E-state index is 12.1. The number of benzene rings is 2. The Morgan fingerprint density at radius 3 is 2.48 bits per heavy atom. The first-order valence-electron chi connectivity index (χ1n) is 7.88. The van der Waals surface area contributed by atoms with Crippen molar-refractivity contribution in [2.75, 3.05) is 7.11 Å². The number of halogens is 1. The number of ether oxygens (including phenoxy) is 1. The monoisotopic (exact) mass is 361 g/mol. The number of hydrogen-bond acceptors (Lipinski definition) is 3. The molecule has 0 fully saturated rings. The molecule has 0 unspecified atom stereocenters. The van der Waals surface area contributed by atoms with Crippen LogP contribution < -0.4 is 10.1 Å². The number of aryl methyl sites for hydroxylation is 1. The minimum Gasteiger partial charge on any atom is -0.495 e. The normalized spacial score (nSPS) is 11.6. The van der Waals surface area contributed by atoms with Crippen LogP contribution in [0.15, 0.2) is 48.5 Å². The van der Waals surface area contributed by atoms with Gasteiger partial charge >= 0.3 is 5.97 Å². The Balaban J connectivity index is 1.90. The Bertz CT molecular complexity index is 733. The van der Waals surface area contributed by atoms with Gasteiger partial charge < -0.3 is 15.2 Å². The molecule has 2 N–H and O–H groups in total. The van der Waals surface area contributed by atoms with Crippen molar-refractivity contribution in [1.29, 1.82) is 0 Å². The van der Waals surface area contributed by atoms with Crippen LogP contribution in [0.1, 0.15) is 17.5 Å². The molecule has 0 heterocycles. The van der Waals surface area contributed by atoms with Crippen molar-refractivity contribution in [3.05, 3.63) is 64.7 Å². The van der Waals surface area contributed by atoms with E-state index in [0.29, 0.717) is 17.2 Å². The number of nitrogens with one attached hydrogen (secondary N) is 1. The highest BCUT2D eigenvalue weighted by molar-refractivity contribution is 6.32. The molecule has 0 aliphatic heterocycles. The van der Waals surface area contributed by atoms with Gasteiger partial charge in [-0.15, -0.1) is 0 Å². The lowest BCUT2D eigenvalue weighted by Crippen LogP contribution is -2.42. The third-order valence-electron chi connectivity index (χ3n) is 3.77. The Morgan fingerprint density at radius 1 is 1.16 bits per heavy atom. The molecule has 2 aromatic carbocycles. The third kappa shape index (κ3) is 5.80. The molecule has 0 aromatic heterocycles. The highest BCUT2D eigenvalue weighted by atomic mass is 35.5. The molecule has 0 aliphatic carbocycles. The number of carboxylic acid groups (broad SMARTS) is 1. The van der Waals surface area contributed by atoms with E-state index in [1.165, 1.54) is 7.11 Å². The summed E-state index contributed by atoms with van der Waals surface area (Å²) in [6.45, 7) is 0. The molecule has 1 amide bonds. The number of methoxy groups -OCH3 is 1. The minimum absolute atomic E-state index is 0.182. The number of rotatable bonds is 8. The molecular formula is C19H20ClNO4. The second-order valence-electron chi connectivity index (χ2n) is 5.62. The lowest BCUT2D eigenvalue weighted by atomic mass is 10.1. The van der Waals surface area contributed by atoms with Gasteiger partial charge in [-0.05, 0) is 29.7 Å². The molecule has 0 aliphatic rings. The van der Waals surface area contributed by atoms with E-state index < -0.39 is 12.0 Å². The molecule has 0 saturated carbocycles. The van der Waals surface area contributed by atoms with E-state index >= 15 is 0 Å². The Morgan fingerprint density at radius 2 is 1.88 bits per heavy atom. The average molecular weight is 362 g/mol. The Hall–Kier alpha value is -2.53. The number of amides is 1. The van der Waals surface area contributed by atoms with E-state index in [1.54, 1.807) is 12.1 Å². The fourth-order valence-corrected chi connectivity index (χ4v) is 2.72. The van der Waals surface area contributed by atoms with Crippen LogP contribution >= 0.6 is 11.6 Å². The van der Waals surface area contributed by atoms with E-state index in [1.807, 2.05) is 36.4 Å². The minimum atomic E-state index is -1.05. The van der Waals surface area contributed by atoms with Crippen molar-refractivity contribution in [2.45, 2.75) is 25.3 Å². The largest absolute Gasteiger partial charge is 0.495 e. The van der Waals surface area contributed by atoms with Gasteiger partial charge in [0, 0.05) is 12.8 Å². The number of carbonyl (C=O) groups is 2. The van der Waals surface area contributed by atoms with Crippen molar-refractivity contribution in [2.24, 2.45) is 0 Å². The standard InChI is InChI=1S/C19H20ClNO4/c1-25-17-9-7-14(11-15(17)20)8-10-18(22)21-16(19(23)24)12-13-5-3-2-4-6-13/h2-7,9,11,16H,8,10,12H2,1H3,(H,21,22)(H,23,24)/t16-/m0/s1. The van der Waals surface area contributed by atoms with Crippen LogP contribution in [0.4, 0.5) is 0 Å². The molecule has 132 valence electrons. The molecule has 25 heavy (non-hydrogen) atoms. The van der Waals surface area contributed by atoms with Gasteiger partial charge in [-0.1, -0.05) is 48.0 Å². The molecule has 6 heteroatoms. The summed E-state index contributed by atoms with van der Waals surface area (Å²) in [5.74, 6) is -0.788. The molecule has 0 bridgehead atoms. The topological polar surface area (TPSA) is 75.6 Å². The van der Waals surface area contributed by atoms with Gasteiger partial charge in [-0.3, -0.25) is 4.79 Å². The van der Waals surface area contributed by atoms with Gasteiger partial charge in [0.2, 0.25) is 5.91 Å². The van der Waals surface area contributed by atoms with Crippen LogP contribution in [-0.2, 0) is 22.4 Å². The lowest BCUT2D eigenvalue weighted by molar-refractivity contribution is -0.141. The summed E-state index contributed by atoms with van der Waals surface area (Å²) >= 11 is 6.06. The smallest absolute Gasteiger partial charge is 0.326 e. The zero-order valence-electron chi connectivity index (χ0n) is 13.9. The average Bonchev–Trinajstić information content (AvgIpc) is 2.60. The van der Waals surface area contributed by atoms with Crippen molar-refractivity contribution in [1.82, 2.24) is 5.32 Å². The van der Waals surface area contributed by atoms with Crippen LogP contribution in [-0.4, -0.2) is 30.1 Å². The van der Waals surface area contributed by atoms with Crippen LogP contribution in [0.25, 0.3) is 0 Å². The maximum atomic E-state index is 12.1. The van der Waals surface area contributed by atoms with Gasteiger partial charge in [0.05, 0.1) is 12.1 Å². The van der Waals surface area contributed by atoms with Crippen molar-refractivity contribution in [3.8, 4) is 5.75 Å². The van der Waals surface area contributed by atoms with E-state index in [-0.39, 0.29) is 18.7 Å². The summed E-state index contributed by atoms with van der Waals surface area (Å²) in [7, 11) is 1.53. The zero-order valence-corrected chi connectivity index (χ0v) is 14.6. The van der Waals surface area contributed by atoms with Gasteiger partial charge in [0.25, 0.3) is 0 Å². The van der Waals surface area contributed by atoms with Crippen molar-refractivity contribution < 1.29 is 19.4 Å². The zero-order chi connectivity index (χ0) is 18.2. The highest BCUT2D eigenvalue weighted by Crippen LogP contribution is 2.25. The summed E-state index contributed by atoms with van der Waals surface area (Å²) in [5, 5.41) is 12.4. The summed E-state index contributed by atoms with van der Waals surface area (Å²) in [6.07, 6.45) is 0.894. The Labute approximate surface area is 151 Å². The van der Waals surface area contributed by atoms with Crippen LogP contribution in [0.5, 0.6) is 5.75 Å². The third-order valence-corrected chi connectivity index (χ3v) is 4.07. The van der Waals surface area contributed by atoms with Gasteiger partial charge in [0.1, 0.15) is 11.8 Å². The van der Waals surface area contributed by atoms with E-state index in [0.717, 1.165) is 11.1 Å². The quantitative estimate of drug-likeness (QED) is 0.757. The fourth-order valence-electron chi connectivity index (χ4n) is 2.44. The predicted octanol–water partition coefficient (Wildman–Crippen LogP) is 3.09. The molecule has 0 spiro atoms. The number of hydrogen-bond donors (Lipinski definition) is 2. The van der Waals surface area contributed by atoms with E-state index in [2.05, 4.69) is 5.32 Å². The first-order chi connectivity index (χ1) is 12.0. The molecule has 0 radical (unpaired) electrons. The predicted molar refractivity (Wildman–Crippen MR) is 96.0 cm³/mol. The van der Waals surface area contributed by atoms with Crippen molar-refractivity contribution >= 4 is 23.5 Å². The van der Waals surface area contributed by atoms with Crippen molar-refractivity contribution in [3.63, 3.8) is 0 Å².